The fourth-order valence-electron chi connectivity index (χ4n) is 3.94. The second-order valence-corrected chi connectivity index (χ2v) is 8.33. The van der Waals surface area contributed by atoms with Crippen LogP contribution in [0, 0.1) is 6.92 Å². The maximum absolute atomic E-state index is 12.7. The van der Waals surface area contributed by atoms with Crippen LogP contribution in [0.1, 0.15) is 28.5 Å². The molecule has 0 radical (unpaired) electrons. The number of aryl methyl sites for hydroxylation is 1. The number of benzene rings is 3. The lowest BCUT2D eigenvalue weighted by molar-refractivity contribution is 0.0953. The minimum Gasteiger partial charge on any atom is -0.355 e. The second-order valence-electron chi connectivity index (χ2n) is 8.33. The van der Waals surface area contributed by atoms with E-state index < -0.39 is 0 Å². The molecule has 1 heterocycles. The van der Waals surface area contributed by atoms with Crippen molar-refractivity contribution < 1.29 is 4.79 Å². The highest BCUT2D eigenvalue weighted by Crippen LogP contribution is 2.26. The SMILES string of the molecule is Cc1cc(Nc2cccc(C(=O)NCCNC(C)Cc3ccccc3)c2)c2ccccc2n1. The molecular weight excluding hydrogens is 408 g/mol. The molecule has 4 aromatic rings. The number of hydrogen-bond donors (Lipinski definition) is 3. The Hall–Kier alpha value is -3.70. The third-order valence-electron chi connectivity index (χ3n) is 5.54. The molecule has 1 unspecified atom stereocenters. The van der Waals surface area contributed by atoms with Gasteiger partial charge in [-0.1, -0.05) is 54.6 Å². The fraction of sp³-hybridized carbons (Fsp3) is 0.214. The molecular formula is C28H30N4O. The Balaban J connectivity index is 1.32. The number of rotatable bonds is 9. The summed E-state index contributed by atoms with van der Waals surface area (Å²) in [6.07, 6.45) is 0.964. The van der Waals surface area contributed by atoms with Gasteiger partial charge in [-0.2, -0.15) is 0 Å². The lowest BCUT2D eigenvalue weighted by Crippen LogP contribution is -2.36. The van der Waals surface area contributed by atoms with Crippen molar-refractivity contribution in [3.63, 3.8) is 0 Å². The molecule has 168 valence electrons. The normalized spacial score (nSPS) is 11.8. The maximum Gasteiger partial charge on any atom is 0.251 e. The van der Waals surface area contributed by atoms with Crippen LogP contribution in [0.5, 0.6) is 0 Å². The molecule has 0 saturated carbocycles. The van der Waals surface area contributed by atoms with E-state index in [0.717, 1.165) is 40.9 Å². The van der Waals surface area contributed by atoms with Crippen LogP contribution in [0.2, 0.25) is 0 Å². The van der Waals surface area contributed by atoms with Crippen LogP contribution in [-0.4, -0.2) is 30.0 Å². The minimum atomic E-state index is -0.0769. The first-order chi connectivity index (χ1) is 16.1. The van der Waals surface area contributed by atoms with Gasteiger partial charge in [0.05, 0.1) is 5.52 Å². The van der Waals surface area contributed by atoms with Crippen molar-refractivity contribution in [3.05, 3.63) is 102 Å². The van der Waals surface area contributed by atoms with Crippen LogP contribution in [-0.2, 0) is 6.42 Å². The van der Waals surface area contributed by atoms with Crippen LogP contribution in [0.3, 0.4) is 0 Å². The standard InChI is InChI=1S/C28H30N4O/c1-20(17-22-9-4-3-5-10-22)29-15-16-30-28(33)23-11-8-12-24(19-23)32-27-18-21(2)31-26-14-7-6-13-25(26)27/h3-14,18-20,29H,15-17H2,1-2H3,(H,30,33)(H,31,32). The number of anilines is 2. The summed E-state index contributed by atoms with van der Waals surface area (Å²) >= 11 is 0. The van der Waals surface area contributed by atoms with Gasteiger partial charge in [-0.25, -0.2) is 0 Å². The predicted octanol–water partition coefficient (Wildman–Crippen LogP) is 5.24. The zero-order valence-corrected chi connectivity index (χ0v) is 19.1. The molecule has 0 bridgehead atoms. The zero-order chi connectivity index (χ0) is 23.0. The topological polar surface area (TPSA) is 66.1 Å². The zero-order valence-electron chi connectivity index (χ0n) is 19.1. The second kappa shape index (κ2) is 10.7. The van der Waals surface area contributed by atoms with Crippen molar-refractivity contribution in [3.8, 4) is 0 Å². The number of fused-ring (bicyclic) bond motifs is 1. The van der Waals surface area contributed by atoms with E-state index in [1.807, 2.05) is 67.6 Å². The van der Waals surface area contributed by atoms with E-state index in [-0.39, 0.29) is 5.91 Å². The average Bonchev–Trinajstić information content (AvgIpc) is 2.82. The number of para-hydroxylation sites is 1. The molecule has 0 fully saturated rings. The summed E-state index contributed by atoms with van der Waals surface area (Å²) in [4.78, 5) is 17.3. The minimum absolute atomic E-state index is 0.0769. The molecule has 1 aromatic heterocycles. The number of nitrogens with zero attached hydrogens (tertiary/aromatic N) is 1. The third kappa shape index (κ3) is 6.18. The van der Waals surface area contributed by atoms with E-state index in [0.29, 0.717) is 18.2 Å². The van der Waals surface area contributed by atoms with Gasteiger partial charge in [0.15, 0.2) is 0 Å². The fourth-order valence-corrected chi connectivity index (χ4v) is 3.94. The van der Waals surface area contributed by atoms with Crippen molar-refractivity contribution >= 4 is 28.2 Å². The van der Waals surface area contributed by atoms with E-state index >= 15 is 0 Å². The van der Waals surface area contributed by atoms with Gasteiger partial charge >= 0.3 is 0 Å². The van der Waals surface area contributed by atoms with Gasteiger partial charge in [-0.05, 0) is 56.2 Å². The molecule has 1 amide bonds. The molecule has 3 aromatic carbocycles. The van der Waals surface area contributed by atoms with Crippen LogP contribution >= 0.6 is 0 Å². The first-order valence-electron chi connectivity index (χ1n) is 11.4. The number of hydrogen-bond acceptors (Lipinski definition) is 4. The molecule has 5 heteroatoms. The van der Waals surface area contributed by atoms with E-state index in [9.17, 15) is 4.79 Å². The number of aromatic nitrogens is 1. The maximum atomic E-state index is 12.7. The molecule has 0 aliphatic heterocycles. The highest BCUT2D eigenvalue weighted by atomic mass is 16.1. The van der Waals surface area contributed by atoms with Gasteiger partial charge in [0.2, 0.25) is 0 Å². The quantitative estimate of drug-likeness (QED) is 0.313. The Bertz CT molecular complexity index is 1220. The first kappa shape index (κ1) is 22.5. The summed E-state index contributed by atoms with van der Waals surface area (Å²) < 4.78 is 0. The van der Waals surface area contributed by atoms with Gasteiger partial charge in [-0.3, -0.25) is 9.78 Å². The van der Waals surface area contributed by atoms with Crippen LogP contribution in [0.25, 0.3) is 10.9 Å². The molecule has 0 aliphatic rings. The smallest absolute Gasteiger partial charge is 0.251 e. The van der Waals surface area contributed by atoms with Gasteiger partial charge in [-0.15, -0.1) is 0 Å². The Kier molecular flexibility index (Phi) is 7.33. The molecule has 0 saturated heterocycles. The molecule has 0 spiro atoms. The molecule has 3 N–H and O–H groups in total. The van der Waals surface area contributed by atoms with Crippen molar-refractivity contribution in [2.75, 3.05) is 18.4 Å². The lowest BCUT2D eigenvalue weighted by atomic mass is 10.1. The summed E-state index contributed by atoms with van der Waals surface area (Å²) in [5.74, 6) is -0.0769. The number of amides is 1. The molecule has 4 rings (SSSR count). The number of carbonyl (C=O) groups is 1. The largest absolute Gasteiger partial charge is 0.355 e. The number of carbonyl (C=O) groups excluding carboxylic acids is 1. The van der Waals surface area contributed by atoms with Crippen LogP contribution < -0.4 is 16.0 Å². The van der Waals surface area contributed by atoms with Crippen molar-refractivity contribution in [1.82, 2.24) is 15.6 Å². The Morgan fingerprint density at radius 1 is 0.909 bits per heavy atom. The Morgan fingerprint density at radius 2 is 1.70 bits per heavy atom. The third-order valence-corrected chi connectivity index (χ3v) is 5.54. The van der Waals surface area contributed by atoms with Gasteiger partial charge in [0.25, 0.3) is 5.91 Å². The molecule has 0 aliphatic carbocycles. The van der Waals surface area contributed by atoms with E-state index in [1.165, 1.54) is 5.56 Å². The van der Waals surface area contributed by atoms with Gasteiger partial charge in [0.1, 0.15) is 0 Å². The van der Waals surface area contributed by atoms with Crippen molar-refractivity contribution in [2.24, 2.45) is 0 Å². The van der Waals surface area contributed by atoms with E-state index in [4.69, 9.17) is 0 Å². The van der Waals surface area contributed by atoms with Gasteiger partial charge < -0.3 is 16.0 Å². The molecule has 33 heavy (non-hydrogen) atoms. The highest BCUT2D eigenvalue weighted by molar-refractivity contribution is 5.96. The van der Waals surface area contributed by atoms with Crippen LogP contribution in [0.15, 0.2) is 84.9 Å². The van der Waals surface area contributed by atoms with Crippen molar-refractivity contribution in [1.29, 1.82) is 0 Å². The molecule has 1 atom stereocenters. The van der Waals surface area contributed by atoms with Gasteiger partial charge in [0, 0.05) is 47.1 Å². The Morgan fingerprint density at radius 3 is 2.55 bits per heavy atom. The molecule has 5 nitrogen and oxygen atoms in total. The number of nitrogens with one attached hydrogen (secondary N) is 3. The summed E-state index contributed by atoms with van der Waals surface area (Å²) in [5.41, 5.74) is 5.68. The average molecular weight is 439 g/mol. The van der Waals surface area contributed by atoms with Crippen LogP contribution in [0.4, 0.5) is 11.4 Å². The summed E-state index contributed by atoms with van der Waals surface area (Å²) in [6, 6.07) is 28.4. The predicted molar refractivity (Wildman–Crippen MR) is 136 cm³/mol. The lowest BCUT2D eigenvalue weighted by Gasteiger charge is -2.15. The number of pyridine rings is 1. The van der Waals surface area contributed by atoms with E-state index in [2.05, 4.69) is 52.1 Å². The monoisotopic (exact) mass is 438 g/mol. The Labute approximate surface area is 195 Å². The van der Waals surface area contributed by atoms with E-state index in [1.54, 1.807) is 0 Å². The summed E-state index contributed by atoms with van der Waals surface area (Å²) in [6.45, 7) is 5.44. The summed E-state index contributed by atoms with van der Waals surface area (Å²) in [7, 11) is 0. The summed E-state index contributed by atoms with van der Waals surface area (Å²) in [5, 5.41) is 11.0. The first-order valence-corrected chi connectivity index (χ1v) is 11.4. The van der Waals surface area contributed by atoms with Crippen molar-refractivity contribution in [2.45, 2.75) is 26.3 Å². The highest BCUT2D eigenvalue weighted by Gasteiger charge is 2.09.